The van der Waals surface area contributed by atoms with Gasteiger partial charge in [0.25, 0.3) is 0 Å². The molecule has 0 unspecified atom stereocenters. The van der Waals surface area contributed by atoms with Crippen LogP contribution in [0, 0.1) is 17.6 Å². The van der Waals surface area contributed by atoms with Gasteiger partial charge in [-0.05, 0) is 36.6 Å². The van der Waals surface area contributed by atoms with E-state index in [4.69, 9.17) is 0 Å². The van der Waals surface area contributed by atoms with Gasteiger partial charge < -0.3 is 10.2 Å². The van der Waals surface area contributed by atoms with E-state index >= 15 is 0 Å². The van der Waals surface area contributed by atoms with Crippen molar-refractivity contribution in [2.75, 3.05) is 18.0 Å². The van der Waals surface area contributed by atoms with Gasteiger partial charge in [0.15, 0.2) is 5.82 Å². The average molecular weight is 455 g/mol. The molecule has 2 heterocycles. The molecule has 0 bridgehead atoms. The lowest BCUT2D eigenvalue weighted by Crippen LogP contribution is -2.40. The largest absolute Gasteiger partial charge is 0.355 e. The smallest absolute Gasteiger partial charge is 0.223 e. The first-order valence-electron chi connectivity index (χ1n) is 10.6. The lowest BCUT2D eigenvalue weighted by molar-refractivity contribution is -0.125. The third-order valence-electron chi connectivity index (χ3n) is 5.51. The summed E-state index contributed by atoms with van der Waals surface area (Å²) in [4.78, 5) is 14.6. The van der Waals surface area contributed by atoms with Crippen molar-refractivity contribution in [1.29, 1.82) is 0 Å². The SMILES string of the molecule is O=C(NCc1ccc(F)cc1F)C1CCN(c2ccc(SCc3ccccc3)nn2)CC1. The van der Waals surface area contributed by atoms with Crippen LogP contribution in [0.3, 0.4) is 0 Å². The summed E-state index contributed by atoms with van der Waals surface area (Å²) >= 11 is 1.65. The predicted octanol–water partition coefficient (Wildman–Crippen LogP) is 4.58. The topological polar surface area (TPSA) is 58.1 Å². The minimum Gasteiger partial charge on any atom is -0.355 e. The summed E-state index contributed by atoms with van der Waals surface area (Å²) in [6, 6.07) is 17.5. The van der Waals surface area contributed by atoms with Crippen LogP contribution in [0.25, 0.3) is 0 Å². The molecule has 0 aliphatic carbocycles. The van der Waals surface area contributed by atoms with E-state index in [0.717, 1.165) is 22.7 Å². The lowest BCUT2D eigenvalue weighted by Gasteiger charge is -2.31. The first-order valence-corrected chi connectivity index (χ1v) is 11.5. The second-order valence-electron chi connectivity index (χ2n) is 7.72. The number of carbonyl (C=O) groups excluding carboxylic acids is 1. The van der Waals surface area contributed by atoms with Crippen LogP contribution < -0.4 is 10.2 Å². The van der Waals surface area contributed by atoms with E-state index in [1.807, 2.05) is 30.3 Å². The Morgan fingerprint density at radius 1 is 1.03 bits per heavy atom. The van der Waals surface area contributed by atoms with Gasteiger partial charge in [0, 0.05) is 42.9 Å². The van der Waals surface area contributed by atoms with Crippen molar-refractivity contribution in [3.8, 4) is 0 Å². The Bertz CT molecular complexity index is 1040. The lowest BCUT2D eigenvalue weighted by atomic mass is 9.96. The Morgan fingerprint density at radius 2 is 1.81 bits per heavy atom. The van der Waals surface area contributed by atoms with Crippen molar-refractivity contribution in [2.45, 2.75) is 30.2 Å². The van der Waals surface area contributed by atoms with Gasteiger partial charge in [0.05, 0.1) is 0 Å². The molecular formula is C24H24F2N4OS. The molecule has 5 nitrogen and oxygen atoms in total. The highest BCUT2D eigenvalue weighted by molar-refractivity contribution is 7.98. The number of thioether (sulfide) groups is 1. The number of rotatable bonds is 7. The van der Waals surface area contributed by atoms with E-state index in [1.54, 1.807) is 11.8 Å². The summed E-state index contributed by atoms with van der Waals surface area (Å²) in [7, 11) is 0. The fourth-order valence-electron chi connectivity index (χ4n) is 3.65. The van der Waals surface area contributed by atoms with Crippen LogP contribution in [-0.4, -0.2) is 29.2 Å². The van der Waals surface area contributed by atoms with Gasteiger partial charge in [0.2, 0.25) is 5.91 Å². The number of hydrogen-bond donors (Lipinski definition) is 1. The van der Waals surface area contributed by atoms with Gasteiger partial charge in [-0.15, -0.1) is 10.2 Å². The minimum absolute atomic E-state index is 0.0543. The molecule has 166 valence electrons. The second kappa shape index (κ2) is 10.5. The Morgan fingerprint density at radius 3 is 2.50 bits per heavy atom. The fraction of sp³-hybridized carbons (Fsp3) is 0.292. The summed E-state index contributed by atoms with van der Waals surface area (Å²) in [5.74, 6) is 0.133. The highest BCUT2D eigenvalue weighted by Gasteiger charge is 2.25. The zero-order valence-electron chi connectivity index (χ0n) is 17.5. The Balaban J connectivity index is 1.23. The average Bonchev–Trinajstić information content (AvgIpc) is 2.83. The number of nitrogens with zero attached hydrogens (tertiary/aromatic N) is 3. The molecule has 1 aliphatic rings. The number of hydrogen-bond acceptors (Lipinski definition) is 5. The number of halogens is 2. The number of amides is 1. The van der Waals surface area contributed by atoms with E-state index < -0.39 is 11.6 Å². The van der Waals surface area contributed by atoms with Crippen LogP contribution >= 0.6 is 11.8 Å². The molecule has 0 radical (unpaired) electrons. The van der Waals surface area contributed by atoms with Gasteiger partial charge in [-0.25, -0.2) is 8.78 Å². The molecule has 1 aliphatic heterocycles. The van der Waals surface area contributed by atoms with Crippen molar-refractivity contribution in [3.05, 3.63) is 83.4 Å². The molecule has 1 fully saturated rings. The third-order valence-corrected chi connectivity index (χ3v) is 6.50. The molecule has 0 atom stereocenters. The van der Waals surface area contributed by atoms with Crippen LogP contribution in [-0.2, 0) is 17.1 Å². The van der Waals surface area contributed by atoms with Crippen LogP contribution in [0.4, 0.5) is 14.6 Å². The zero-order chi connectivity index (χ0) is 22.3. The molecular weight excluding hydrogens is 430 g/mol. The second-order valence-corrected chi connectivity index (χ2v) is 8.71. The third kappa shape index (κ3) is 5.82. The van der Waals surface area contributed by atoms with E-state index in [1.165, 1.54) is 17.7 Å². The Hall–Kier alpha value is -3.00. The zero-order valence-corrected chi connectivity index (χ0v) is 18.3. The summed E-state index contributed by atoms with van der Waals surface area (Å²) in [5, 5.41) is 12.3. The van der Waals surface area contributed by atoms with E-state index in [9.17, 15) is 13.6 Å². The monoisotopic (exact) mass is 454 g/mol. The maximum Gasteiger partial charge on any atom is 0.223 e. The molecule has 0 spiro atoms. The van der Waals surface area contributed by atoms with E-state index in [0.29, 0.717) is 25.9 Å². The maximum atomic E-state index is 13.7. The molecule has 4 rings (SSSR count). The molecule has 1 amide bonds. The summed E-state index contributed by atoms with van der Waals surface area (Å²) < 4.78 is 26.7. The molecule has 1 N–H and O–H groups in total. The van der Waals surface area contributed by atoms with Crippen molar-refractivity contribution < 1.29 is 13.6 Å². The van der Waals surface area contributed by atoms with Crippen LogP contribution in [0.15, 0.2) is 65.7 Å². The molecule has 32 heavy (non-hydrogen) atoms. The maximum absolute atomic E-state index is 13.7. The van der Waals surface area contributed by atoms with Crippen molar-refractivity contribution in [1.82, 2.24) is 15.5 Å². The number of benzene rings is 2. The number of piperidine rings is 1. The summed E-state index contributed by atoms with van der Waals surface area (Å²) in [6.07, 6.45) is 1.37. The van der Waals surface area contributed by atoms with Crippen molar-refractivity contribution >= 4 is 23.5 Å². The number of aromatic nitrogens is 2. The van der Waals surface area contributed by atoms with Crippen LogP contribution in [0.5, 0.6) is 0 Å². The van der Waals surface area contributed by atoms with Crippen molar-refractivity contribution in [3.63, 3.8) is 0 Å². The Labute approximate surface area is 190 Å². The highest BCUT2D eigenvalue weighted by atomic mass is 32.2. The van der Waals surface area contributed by atoms with Gasteiger partial charge >= 0.3 is 0 Å². The van der Waals surface area contributed by atoms with Crippen molar-refractivity contribution in [2.24, 2.45) is 5.92 Å². The van der Waals surface area contributed by atoms with Crippen LogP contribution in [0.2, 0.25) is 0 Å². The van der Waals surface area contributed by atoms with Gasteiger partial charge in [-0.1, -0.05) is 48.2 Å². The molecule has 8 heteroatoms. The standard InChI is InChI=1S/C24H24F2N4OS/c25-20-7-6-19(21(26)14-20)15-27-24(31)18-10-12-30(13-11-18)22-8-9-23(29-28-22)32-16-17-4-2-1-3-5-17/h1-9,14,18H,10-13,15-16H2,(H,27,31). The Kier molecular flexibility index (Phi) is 7.32. The molecule has 1 saturated heterocycles. The van der Waals surface area contributed by atoms with Gasteiger partial charge in [-0.3, -0.25) is 4.79 Å². The van der Waals surface area contributed by atoms with Gasteiger partial charge in [-0.2, -0.15) is 0 Å². The molecule has 0 saturated carbocycles. The highest BCUT2D eigenvalue weighted by Crippen LogP contribution is 2.25. The van der Waals surface area contributed by atoms with E-state index in [-0.39, 0.29) is 23.9 Å². The minimum atomic E-state index is -0.649. The predicted molar refractivity (Wildman–Crippen MR) is 121 cm³/mol. The first kappa shape index (κ1) is 22.2. The first-order chi connectivity index (χ1) is 15.6. The summed E-state index contributed by atoms with van der Waals surface area (Å²) in [6.45, 7) is 1.46. The quantitative estimate of drug-likeness (QED) is 0.530. The molecule has 3 aromatic rings. The normalized spacial score (nSPS) is 14.4. The van der Waals surface area contributed by atoms with Crippen LogP contribution in [0.1, 0.15) is 24.0 Å². The fourth-order valence-corrected chi connectivity index (χ4v) is 4.42. The molecule has 2 aromatic carbocycles. The number of nitrogens with one attached hydrogen (secondary N) is 1. The van der Waals surface area contributed by atoms with Gasteiger partial charge in [0.1, 0.15) is 16.7 Å². The number of carbonyl (C=O) groups is 1. The molecule has 1 aromatic heterocycles. The summed E-state index contributed by atoms with van der Waals surface area (Å²) in [5.41, 5.74) is 1.52. The number of anilines is 1. The van der Waals surface area contributed by atoms with E-state index in [2.05, 4.69) is 32.5 Å².